The van der Waals surface area contributed by atoms with Gasteiger partial charge in [-0.3, -0.25) is 19.3 Å². The fourth-order valence-corrected chi connectivity index (χ4v) is 2.83. The molecule has 0 spiro atoms. The van der Waals surface area contributed by atoms with Crippen LogP contribution in [0, 0.1) is 0 Å². The van der Waals surface area contributed by atoms with Crippen molar-refractivity contribution < 1.29 is 14.4 Å². The maximum atomic E-state index is 12.5. The Balaban J connectivity index is 2.01. The van der Waals surface area contributed by atoms with Crippen molar-refractivity contribution in [2.24, 2.45) is 0 Å². The van der Waals surface area contributed by atoms with Crippen LogP contribution in [-0.2, 0) is 4.79 Å². The number of imide groups is 1. The number of likely N-dealkylation sites (tertiary alicyclic amines) is 1. The van der Waals surface area contributed by atoms with E-state index in [1.165, 1.54) is 4.90 Å². The highest BCUT2D eigenvalue weighted by molar-refractivity contribution is 6.25. The van der Waals surface area contributed by atoms with Crippen LogP contribution in [-0.4, -0.2) is 40.6 Å². The highest BCUT2D eigenvalue weighted by atomic mass is 16.2. The largest absolute Gasteiger partial charge is 0.398 e. The lowest BCUT2D eigenvalue weighted by Crippen LogP contribution is -2.52. The average molecular weight is 285 g/mol. The number of piperidine rings is 1. The lowest BCUT2D eigenvalue weighted by Gasteiger charge is -2.34. The van der Waals surface area contributed by atoms with Gasteiger partial charge >= 0.3 is 0 Å². The molecule has 1 unspecified atom stereocenters. The zero-order chi connectivity index (χ0) is 15.3. The number of rotatable bonds is 1. The molecule has 0 aromatic heterocycles. The Labute approximate surface area is 121 Å². The maximum absolute atomic E-state index is 12.5. The van der Waals surface area contributed by atoms with Crippen LogP contribution >= 0.6 is 0 Å². The highest BCUT2D eigenvalue weighted by Crippen LogP contribution is 2.32. The number of allylic oxidation sites excluding steroid dienone is 1. The van der Waals surface area contributed by atoms with Crippen LogP contribution in [0.1, 0.15) is 33.6 Å². The Morgan fingerprint density at radius 2 is 1.95 bits per heavy atom. The van der Waals surface area contributed by atoms with Crippen molar-refractivity contribution in [3.63, 3.8) is 0 Å². The summed E-state index contributed by atoms with van der Waals surface area (Å²) in [6.45, 7) is 3.80. The fourth-order valence-electron chi connectivity index (χ4n) is 2.83. The van der Waals surface area contributed by atoms with Crippen LogP contribution in [0.15, 0.2) is 30.5 Å². The van der Waals surface area contributed by atoms with Gasteiger partial charge in [-0.25, -0.2) is 0 Å². The first-order valence-corrected chi connectivity index (χ1v) is 6.65. The summed E-state index contributed by atoms with van der Waals surface area (Å²) in [5, 5.41) is 0. The van der Waals surface area contributed by atoms with Crippen LogP contribution in [0.2, 0.25) is 0 Å². The normalized spacial score (nSPS) is 22.0. The van der Waals surface area contributed by atoms with Crippen LogP contribution in [0.3, 0.4) is 0 Å². The number of fused-ring (bicyclic) bond motifs is 1. The molecule has 6 heteroatoms. The molecule has 3 rings (SSSR count). The predicted molar refractivity (Wildman–Crippen MR) is 76.3 cm³/mol. The summed E-state index contributed by atoms with van der Waals surface area (Å²) in [7, 11) is 1.60. The Hall–Kier alpha value is -2.63. The Kier molecular flexibility index (Phi) is 2.83. The van der Waals surface area contributed by atoms with E-state index in [1.54, 1.807) is 25.2 Å². The highest BCUT2D eigenvalue weighted by Gasteiger charge is 2.45. The summed E-state index contributed by atoms with van der Waals surface area (Å²) >= 11 is 0. The molecule has 0 saturated carbocycles. The number of carbonyl (C=O) groups excluding carboxylic acids is 3. The quantitative estimate of drug-likeness (QED) is 0.616. The predicted octanol–water partition coefficient (Wildman–Crippen LogP) is 0.999. The molecule has 108 valence electrons. The van der Waals surface area contributed by atoms with Gasteiger partial charge in [-0.05, 0) is 25.0 Å². The molecular formula is C15H15N3O3. The number of hydrogen-bond donors (Lipinski definition) is 1. The molecule has 0 radical (unpaired) electrons. The molecule has 3 amide bonds. The first kappa shape index (κ1) is 13.4. The van der Waals surface area contributed by atoms with Crippen molar-refractivity contribution >= 4 is 23.4 Å². The topological polar surface area (TPSA) is 83.7 Å². The molecule has 2 heterocycles. The third-order valence-corrected chi connectivity index (χ3v) is 4.09. The second-order valence-corrected chi connectivity index (χ2v) is 5.27. The van der Waals surface area contributed by atoms with Crippen molar-refractivity contribution in [1.82, 2.24) is 9.80 Å². The van der Waals surface area contributed by atoms with Gasteiger partial charge in [0.1, 0.15) is 6.04 Å². The van der Waals surface area contributed by atoms with Crippen molar-refractivity contribution in [3.05, 3.63) is 41.6 Å². The van der Waals surface area contributed by atoms with E-state index in [9.17, 15) is 14.4 Å². The van der Waals surface area contributed by atoms with E-state index in [0.29, 0.717) is 18.5 Å². The molecule has 1 aromatic carbocycles. The Morgan fingerprint density at radius 1 is 1.24 bits per heavy atom. The first-order chi connectivity index (χ1) is 9.93. The monoisotopic (exact) mass is 285 g/mol. The molecule has 1 atom stereocenters. The molecular weight excluding hydrogens is 270 g/mol. The fraction of sp³-hybridized carbons (Fsp3) is 0.267. The summed E-state index contributed by atoms with van der Waals surface area (Å²) in [4.78, 5) is 39.7. The van der Waals surface area contributed by atoms with E-state index in [-0.39, 0.29) is 22.7 Å². The molecule has 1 aromatic rings. The molecule has 1 saturated heterocycles. The van der Waals surface area contributed by atoms with Crippen molar-refractivity contribution in [2.45, 2.75) is 18.9 Å². The second kappa shape index (κ2) is 4.44. The van der Waals surface area contributed by atoms with E-state index in [1.807, 2.05) is 0 Å². The number of likely N-dealkylation sites (N-methyl/N-ethyl adjacent to an activating group) is 1. The number of amides is 3. The summed E-state index contributed by atoms with van der Waals surface area (Å²) in [6, 6.07) is 3.97. The van der Waals surface area contributed by atoms with E-state index in [0.717, 1.165) is 4.90 Å². The number of nitrogens with zero attached hydrogens (tertiary/aromatic N) is 2. The minimum absolute atomic E-state index is 0.197. The van der Waals surface area contributed by atoms with Crippen LogP contribution in [0.5, 0.6) is 0 Å². The van der Waals surface area contributed by atoms with E-state index >= 15 is 0 Å². The van der Waals surface area contributed by atoms with Gasteiger partial charge in [0.05, 0.1) is 11.1 Å². The van der Waals surface area contributed by atoms with Crippen molar-refractivity contribution in [2.75, 3.05) is 12.8 Å². The molecule has 21 heavy (non-hydrogen) atoms. The smallest absolute Gasteiger partial charge is 0.264 e. The van der Waals surface area contributed by atoms with Crippen molar-refractivity contribution in [1.29, 1.82) is 0 Å². The minimum Gasteiger partial charge on any atom is -0.398 e. The molecule has 0 bridgehead atoms. The minimum atomic E-state index is -0.785. The number of hydrogen-bond acceptors (Lipinski definition) is 4. The van der Waals surface area contributed by atoms with Crippen LogP contribution in [0.25, 0.3) is 0 Å². The number of nitrogens with two attached hydrogens (primary N) is 1. The van der Waals surface area contributed by atoms with Crippen LogP contribution in [0.4, 0.5) is 5.69 Å². The zero-order valence-electron chi connectivity index (χ0n) is 11.6. The summed E-state index contributed by atoms with van der Waals surface area (Å²) in [6.07, 6.45) is 0.961. The van der Waals surface area contributed by atoms with Gasteiger partial charge in [-0.1, -0.05) is 12.6 Å². The molecule has 2 N–H and O–H groups in total. The molecule has 2 aliphatic heterocycles. The third kappa shape index (κ3) is 1.75. The third-order valence-electron chi connectivity index (χ3n) is 4.09. The van der Waals surface area contributed by atoms with Gasteiger partial charge in [0.2, 0.25) is 5.91 Å². The van der Waals surface area contributed by atoms with Gasteiger partial charge in [0.15, 0.2) is 0 Å². The maximum Gasteiger partial charge on any atom is 0.264 e. The van der Waals surface area contributed by atoms with Gasteiger partial charge in [-0.15, -0.1) is 0 Å². The molecule has 0 aliphatic carbocycles. The lowest BCUT2D eigenvalue weighted by atomic mass is 10.0. The van der Waals surface area contributed by atoms with E-state index in [4.69, 9.17) is 5.73 Å². The number of benzene rings is 1. The summed E-state index contributed by atoms with van der Waals surface area (Å²) < 4.78 is 0. The standard InChI is InChI=1S/C15H15N3O3/c1-8-6-7-11(14(20)17(8)2)18-13(19)9-4-3-5-10(16)12(9)15(18)21/h3-5,11H,1,6-7,16H2,2H3. The van der Waals surface area contributed by atoms with Gasteiger partial charge in [0, 0.05) is 18.4 Å². The lowest BCUT2D eigenvalue weighted by molar-refractivity contribution is -0.134. The first-order valence-electron chi connectivity index (χ1n) is 6.65. The SMILES string of the molecule is C=C1CCC(N2C(=O)c3cccc(N)c3C2=O)C(=O)N1C. The summed E-state index contributed by atoms with van der Waals surface area (Å²) in [5.74, 6) is -1.24. The molecule has 2 aliphatic rings. The Morgan fingerprint density at radius 3 is 2.62 bits per heavy atom. The average Bonchev–Trinajstić information content (AvgIpc) is 2.71. The second-order valence-electron chi connectivity index (χ2n) is 5.27. The van der Waals surface area contributed by atoms with Crippen molar-refractivity contribution in [3.8, 4) is 0 Å². The summed E-state index contributed by atoms with van der Waals surface area (Å²) in [5.41, 5.74) is 7.20. The molecule has 1 fully saturated rings. The zero-order valence-corrected chi connectivity index (χ0v) is 11.6. The van der Waals surface area contributed by atoms with Crippen LogP contribution < -0.4 is 5.73 Å². The number of nitrogen functional groups attached to an aromatic ring is 1. The van der Waals surface area contributed by atoms with Gasteiger partial charge < -0.3 is 10.6 Å². The van der Waals surface area contributed by atoms with Gasteiger partial charge in [-0.2, -0.15) is 0 Å². The number of carbonyl (C=O) groups is 3. The molecule has 6 nitrogen and oxygen atoms in total. The number of anilines is 1. The van der Waals surface area contributed by atoms with E-state index in [2.05, 4.69) is 6.58 Å². The van der Waals surface area contributed by atoms with E-state index < -0.39 is 17.9 Å². The Bertz CT molecular complexity index is 695. The van der Waals surface area contributed by atoms with Gasteiger partial charge in [0.25, 0.3) is 11.8 Å².